The second-order valence-corrected chi connectivity index (χ2v) is 6.25. The van der Waals surface area contributed by atoms with Crippen LogP contribution in [0.15, 0.2) is 11.4 Å². The van der Waals surface area contributed by atoms with Crippen LogP contribution in [0.5, 0.6) is 0 Å². The first-order valence-electron chi connectivity index (χ1n) is 6.48. The van der Waals surface area contributed by atoms with Crippen LogP contribution in [-0.2, 0) is 4.74 Å². The zero-order chi connectivity index (χ0) is 13.1. The van der Waals surface area contributed by atoms with Crippen LogP contribution in [0.2, 0.25) is 0 Å². The fraction of sp³-hybridized carbons (Fsp3) is 0.692. The molecule has 102 valence electrons. The molecule has 0 bridgehead atoms. The van der Waals surface area contributed by atoms with Crippen LogP contribution in [0.4, 0.5) is 0 Å². The summed E-state index contributed by atoms with van der Waals surface area (Å²) in [6.07, 6.45) is 0.125. The Hall–Kier alpha value is -0.460. The average Bonchev–Trinajstić information content (AvgIpc) is 2.77. The third-order valence-electron chi connectivity index (χ3n) is 3.52. The summed E-state index contributed by atoms with van der Waals surface area (Å²) in [6, 6.07) is 2.82. The number of nitrogens with two attached hydrogens (primary N) is 1. The minimum atomic E-state index is 0.0801. The number of ether oxygens (including phenoxy) is 1. The maximum Gasteiger partial charge on any atom is 0.0910 e. The molecular weight excluding hydrogens is 246 g/mol. The Bertz CT molecular complexity index is 380. The molecule has 0 aromatic carbocycles. The van der Waals surface area contributed by atoms with Crippen molar-refractivity contribution in [3.63, 3.8) is 0 Å². The number of rotatable bonds is 4. The van der Waals surface area contributed by atoms with E-state index >= 15 is 0 Å². The van der Waals surface area contributed by atoms with Crippen LogP contribution in [0.25, 0.3) is 0 Å². The Kier molecular flexibility index (Phi) is 4.75. The van der Waals surface area contributed by atoms with Gasteiger partial charge in [-0.3, -0.25) is 16.2 Å². The molecule has 3 N–H and O–H groups in total. The van der Waals surface area contributed by atoms with Gasteiger partial charge < -0.3 is 4.74 Å². The molecule has 1 aromatic heterocycles. The molecule has 1 aliphatic heterocycles. The molecule has 1 fully saturated rings. The Morgan fingerprint density at radius 2 is 2.33 bits per heavy atom. The van der Waals surface area contributed by atoms with E-state index in [2.05, 4.69) is 42.5 Å². The van der Waals surface area contributed by atoms with E-state index in [0.29, 0.717) is 6.04 Å². The van der Waals surface area contributed by atoms with E-state index < -0.39 is 0 Å². The second-order valence-electron chi connectivity index (χ2n) is 5.13. The van der Waals surface area contributed by atoms with Gasteiger partial charge in [-0.2, -0.15) is 0 Å². The molecule has 0 saturated carbocycles. The maximum absolute atomic E-state index is 5.90. The Balaban J connectivity index is 2.08. The summed E-state index contributed by atoms with van der Waals surface area (Å²) in [5.74, 6) is 5.72. The quantitative estimate of drug-likeness (QED) is 0.645. The van der Waals surface area contributed by atoms with Gasteiger partial charge in [0.25, 0.3) is 0 Å². The van der Waals surface area contributed by atoms with Crippen LogP contribution in [-0.4, -0.2) is 36.7 Å². The van der Waals surface area contributed by atoms with Gasteiger partial charge in [-0.05, 0) is 37.8 Å². The first-order chi connectivity index (χ1) is 8.61. The monoisotopic (exact) mass is 269 g/mol. The number of aryl methyl sites for hydroxylation is 1. The second kappa shape index (κ2) is 6.12. The predicted octanol–water partition coefficient (Wildman–Crippen LogP) is 1.67. The van der Waals surface area contributed by atoms with Gasteiger partial charge in [-0.15, -0.1) is 11.3 Å². The summed E-state index contributed by atoms with van der Waals surface area (Å²) >= 11 is 1.75. The summed E-state index contributed by atoms with van der Waals surface area (Å²) < 4.78 is 5.90. The highest BCUT2D eigenvalue weighted by molar-refractivity contribution is 7.10. The number of nitrogens with zero attached hydrogens (tertiary/aromatic N) is 1. The Morgan fingerprint density at radius 1 is 1.56 bits per heavy atom. The van der Waals surface area contributed by atoms with E-state index in [1.807, 2.05) is 0 Å². The van der Waals surface area contributed by atoms with Crippen molar-refractivity contribution in [1.82, 2.24) is 10.3 Å². The van der Waals surface area contributed by atoms with Gasteiger partial charge in [0.05, 0.1) is 18.8 Å². The van der Waals surface area contributed by atoms with Crippen LogP contribution in [0.3, 0.4) is 0 Å². The third-order valence-corrected chi connectivity index (χ3v) is 4.40. The number of hydrogen-bond donors (Lipinski definition) is 2. The fourth-order valence-electron chi connectivity index (χ4n) is 2.41. The van der Waals surface area contributed by atoms with E-state index in [0.717, 1.165) is 19.7 Å². The largest absolute Gasteiger partial charge is 0.374 e. The SMILES string of the molecule is Cc1cc(C(NN)C2CN(C(C)C)CCO2)cs1. The molecular formula is C13H23N3OS. The van der Waals surface area contributed by atoms with Gasteiger partial charge >= 0.3 is 0 Å². The summed E-state index contributed by atoms with van der Waals surface area (Å²) in [5, 5.41) is 2.16. The summed E-state index contributed by atoms with van der Waals surface area (Å²) in [5.41, 5.74) is 4.15. The molecule has 0 aliphatic carbocycles. The zero-order valence-corrected chi connectivity index (χ0v) is 12.2. The Morgan fingerprint density at radius 3 is 2.89 bits per heavy atom. The van der Waals surface area contributed by atoms with E-state index in [4.69, 9.17) is 10.6 Å². The van der Waals surface area contributed by atoms with Crippen molar-refractivity contribution in [2.24, 2.45) is 5.84 Å². The minimum Gasteiger partial charge on any atom is -0.374 e. The molecule has 4 nitrogen and oxygen atoms in total. The normalized spacial score (nSPS) is 23.5. The van der Waals surface area contributed by atoms with Gasteiger partial charge in [-0.25, -0.2) is 0 Å². The molecule has 2 rings (SSSR count). The molecule has 5 heteroatoms. The van der Waals surface area contributed by atoms with Gasteiger partial charge in [-0.1, -0.05) is 0 Å². The number of thiophene rings is 1. The highest BCUT2D eigenvalue weighted by Gasteiger charge is 2.29. The van der Waals surface area contributed by atoms with E-state index in [1.165, 1.54) is 10.4 Å². The lowest BCUT2D eigenvalue weighted by atomic mass is 10.0. The third kappa shape index (κ3) is 3.10. The summed E-state index contributed by atoms with van der Waals surface area (Å²) in [7, 11) is 0. The van der Waals surface area contributed by atoms with Gasteiger partial charge in [0.1, 0.15) is 0 Å². The van der Waals surface area contributed by atoms with Gasteiger partial charge in [0.15, 0.2) is 0 Å². The molecule has 1 saturated heterocycles. The highest BCUT2D eigenvalue weighted by Crippen LogP contribution is 2.26. The van der Waals surface area contributed by atoms with Crippen molar-refractivity contribution in [1.29, 1.82) is 0 Å². The van der Waals surface area contributed by atoms with Crippen molar-refractivity contribution in [2.45, 2.75) is 39.0 Å². The zero-order valence-electron chi connectivity index (χ0n) is 11.3. The van der Waals surface area contributed by atoms with E-state index in [-0.39, 0.29) is 12.1 Å². The summed E-state index contributed by atoms with van der Waals surface area (Å²) in [4.78, 5) is 3.75. The van der Waals surface area contributed by atoms with Crippen molar-refractivity contribution < 1.29 is 4.74 Å². The highest BCUT2D eigenvalue weighted by atomic mass is 32.1. The number of hydrazine groups is 1. The molecule has 18 heavy (non-hydrogen) atoms. The number of nitrogens with one attached hydrogen (secondary N) is 1. The van der Waals surface area contributed by atoms with Crippen molar-refractivity contribution in [2.75, 3.05) is 19.7 Å². The van der Waals surface area contributed by atoms with Crippen molar-refractivity contribution >= 4 is 11.3 Å². The topological polar surface area (TPSA) is 50.5 Å². The van der Waals surface area contributed by atoms with E-state index in [9.17, 15) is 0 Å². The lowest BCUT2D eigenvalue weighted by Gasteiger charge is -2.38. The van der Waals surface area contributed by atoms with Crippen LogP contribution in [0.1, 0.15) is 30.3 Å². The molecule has 2 atom stereocenters. The maximum atomic E-state index is 5.90. The molecule has 1 aromatic rings. The van der Waals surface area contributed by atoms with Crippen molar-refractivity contribution in [3.05, 3.63) is 21.9 Å². The van der Waals surface area contributed by atoms with E-state index in [1.54, 1.807) is 11.3 Å². The van der Waals surface area contributed by atoms with Gasteiger partial charge in [0, 0.05) is 24.0 Å². The molecule has 0 radical (unpaired) electrons. The van der Waals surface area contributed by atoms with Crippen LogP contribution < -0.4 is 11.3 Å². The molecule has 2 heterocycles. The number of morpholine rings is 1. The molecule has 1 aliphatic rings. The van der Waals surface area contributed by atoms with Crippen LogP contribution in [0, 0.1) is 6.92 Å². The fourth-order valence-corrected chi connectivity index (χ4v) is 3.15. The minimum absolute atomic E-state index is 0.0801. The lowest BCUT2D eigenvalue weighted by molar-refractivity contribution is -0.0560. The summed E-state index contributed by atoms with van der Waals surface area (Å²) in [6.45, 7) is 9.29. The molecule has 0 spiro atoms. The first-order valence-corrected chi connectivity index (χ1v) is 7.36. The van der Waals surface area contributed by atoms with Crippen molar-refractivity contribution in [3.8, 4) is 0 Å². The number of hydrogen-bond acceptors (Lipinski definition) is 5. The smallest absolute Gasteiger partial charge is 0.0910 e. The molecule has 2 unspecified atom stereocenters. The standard InChI is InChI=1S/C13H23N3OS/c1-9(2)16-4-5-17-12(7-16)13(15-14)11-6-10(3)18-8-11/h6,8-9,12-13,15H,4-5,7,14H2,1-3H3. The average molecular weight is 269 g/mol. The van der Waals surface area contributed by atoms with Crippen LogP contribution >= 0.6 is 11.3 Å². The lowest BCUT2D eigenvalue weighted by Crippen LogP contribution is -2.51. The predicted molar refractivity (Wildman–Crippen MR) is 75.6 cm³/mol. The van der Waals surface area contributed by atoms with Gasteiger partial charge in [0.2, 0.25) is 0 Å². The Labute approximate surface area is 113 Å². The molecule has 0 amide bonds. The first kappa shape index (κ1) is 14.0.